The molecule has 1 aromatic rings. The Morgan fingerprint density at radius 2 is 2.13 bits per heavy atom. The molecule has 0 amide bonds. The van der Waals surface area contributed by atoms with E-state index in [2.05, 4.69) is 6.58 Å². The maximum atomic E-state index is 11.3. The monoisotopic (exact) mass is 204 g/mol. The number of hydrogen-bond donors (Lipinski definition) is 0. The SMILES string of the molecule is C=CC(C)OC(=O)CCc1ccccc1. The number of hydrogen-bond acceptors (Lipinski definition) is 2. The predicted octanol–water partition coefficient (Wildman–Crippen LogP) is 2.74. The summed E-state index contributed by atoms with van der Waals surface area (Å²) in [5.74, 6) is -0.175. The zero-order chi connectivity index (χ0) is 11.1. The van der Waals surface area contributed by atoms with E-state index in [4.69, 9.17) is 4.74 Å². The Bertz CT molecular complexity index is 317. The molecule has 0 N–H and O–H groups in total. The second-order valence-corrected chi connectivity index (χ2v) is 3.42. The fraction of sp³-hybridized carbons (Fsp3) is 0.308. The van der Waals surface area contributed by atoms with Crippen LogP contribution in [0.1, 0.15) is 18.9 Å². The lowest BCUT2D eigenvalue weighted by Crippen LogP contribution is -2.12. The zero-order valence-corrected chi connectivity index (χ0v) is 8.98. The fourth-order valence-corrected chi connectivity index (χ4v) is 1.21. The molecule has 0 aliphatic carbocycles. The van der Waals surface area contributed by atoms with Crippen LogP contribution in [-0.2, 0) is 16.0 Å². The minimum Gasteiger partial charge on any atom is -0.458 e. The highest BCUT2D eigenvalue weighted by Gasteiger charge is 2.06. The lowest BCUT2D eigenvalue weighted by atomic mass is 10.1. The highest BCUT2D eigenvalue weighted by molar-refractivity contribution is 5.70. The molecule has 0 fully saturated rings. The van der Waals surface area contributed by atoms with Crippen molar-refractivity contribution >= 4 is 5.97 Å². The molecule has 0 aromatic heterocycles. The maximum Gasteiger partial charge on any atom is 0.306 e. The molecular formula is C13H16O2. The number of aryl methyl sites for hydroxylation is 1. The van der Waals surface area contributed by atoms with E-state index in [0.29, 0.717) is 6.42 Å². The van der Waals surface area contributed by atoms with Gasteiger partial charge in [0.1, 0.15) is 6.10 Å². The van der Waals surface area contributed by atoms with Crippen LogP contribution in [-0.4, -0.2) is 12.1 Å². The Kier molecular flexibility index (Phi) is 4.61. The number of benzene rings is 1. The van der Waals surface area contributed by atoms with Gasteiger partial charge in [0.25, 0.3) is 0 Å². The first-order valence-corrected chi connectivity index (χ1v) is 5.08. The number of carbonyl (C=O) groups excluding carboxylic acids is 1. The van der Waals surface area contributed by atoms with E-state index >= 15 is 0 Å². The first kappa shape index (κ1) is 11.5. The molecule has 0 saturated heterocycles. The molecule has 0 aliphatic rings. The largest absolute Gasteiger partial charge is 0.458 e. The van der Waals surface area contributed by atoms with E-state index in [-0.39, 0.29) is 12.1 Å². The maximum absolute atomic E-state index is 11.3. The van der Waals surface area contributed by atoms with Gasteiger partial charge in [-0.05, 0) is 18.9 Å². The summed E-state index contributed by atoms with van der Waals surface area (Å²) in [7, 11) is 0. The molecule has 1 aromatic carbocycles. The van der Waals surface area contributed by atoms with E-state index in [1.807, 2.05) is 30.3 Å². The molecule has 0 aliphatic heterocycles. The van der Waals surface area contributed by atoms with E-state index in [9.17, 15) is 4.79 Å². The van der Waals surface area contributed by atoms with Gasteiger partial charge < -0.3 is 4.74 Å². The Morgan fingerprint density at radius 1 is 1.47 bits per heavy atom. The molecule has 15 heavy (non-hydrogen) atoms. The molecule has 0 radical (unpaired) electrons. The number of esters is 1. The van der Waals surface area contributed by atoms with Gasteiger partial charge in [0.15, 0.2) is 0 Å². The molecule has 0 bridgehead atoms. The van der Waals surface area contributed by atoms with Crippen LogP contribution in [0.2, 0.25) is 0 Å². The fourth-order valence-electron chi connectivity index (χ4n) is 1.21. The molecule has 1 atom stereocenters. The molecule has 0 spiro atoms. The van der Waals surface area contributed by atoms with Gasteiger partial charge >= 0.3 is 5.97 Å². The molecule has 2 heteroatoms. The summed E-state index contributed by atoms with van der Waals surface area (Å²) in [4.78, 5) is 11.3. The van der Waals surface area contributed by atoms with Gasteiger partial charge in [0.05, 0.1) is 0 Å². The lowest BCUT2D eigenvalue weighted by molar-refractivity contribution is -0.146. The van der Waals surface area contributed by atoms with Crippen molar-refractivity contribution in [2.24, 2.45) is 0 Å². The molecule has 80 valence electrons. The molecule has 0 heterocycles. The van der Waals surface area contributed by atoms with Crippen molar-refractivity contribution in [3.05, 3.63) is 48.6 Å². The summed E-state index contributed by atoms with van der Waals surface area (Å²) >= 11 is 0. The zero-order valence-electron chi connectivity index (χ0n) is 8.98. The van der Waals surface area contributed by atoms with Crippen LogP contribution in [0.5, 0.6) is 0 Å². The van der Waals surface area contributed by atoms with Crippen molar-refractivity contribution in [3.63, 3.8) is 0 Å². The predicted molar refractivity (Wildman–Crippen MR) is 60.5 cm³/mol. The van der Waals surface area contributed by atoms with Gasteiger partial charge in [-0.1, -0.05) is 43.0 Å². The summed E-state index contributed by atoms with van der Waals surface area (Å²) in [5, 5.41) is 0. The van der Waals surface area contributed by atoms with Gasteiger partial charge in [-0.15, -0.1) is 0 Å². The van der Waals surface area contributed by atoms with Gasteiger partial charge in [0, 0.05) is 6.42 Å². The summed E-state index contributed by atoms with van der Waals surface area (Å²) in [6, 6.07) is 9.90. The lowest BCUT2D eigenvalue weighted by Gasteiger charge is -2.08. The van der Waals surface area contributed by atoms with Gasteiger partial charge in [-0.25, -0.2) is 0 Å². The van der Waals surface area contributed by atoms with Crippen LogP contribution >= 0.6 is 0 Å². The average Bonchev–Trinajstić information content (AvgIpc) is 2.27. The summed E-state index contributed by atoms with van der Waals surface area (Å²) in [6.45, 7) is 5.35. The quantitative estimate of drug-likeness (QED) is 0.544. The number of carbonyl (C=O) groups is 1. The molecule has 1 rings (SSSR count). The van der Waals surface area contributed by atoms with Crippen LogP contribution in [0.25, 0.3) is 0 Å². The Labute approximate surface area is 90.6 Å². The van der Waals surface area contributed by atoms with E-state index in [1.54, 1.807) is 13.0 Å². The normalized spacial score (nSPS) is 11.8. The highest BCUT2D eigenvalue weighted by Crippen LogP contribution is 2.04. The van der Waals surface area contributed by atoms with Crippen molar-refractivity contribution in [1.29, 1.82) is 0 Å². The first-order chi connectivity index (χ1) is 7.22. The van der Waals surface area contributed by atoms with Crippen molar-refractivity contribution in [3.8, 4) is 0 Å². The molecule has 2 nitrogen and oxygen atoms in total. The number of ether oxygens (including phenoxy) is 1. The van der Waals surface area contributed by atoms with Crippen molar-refractivity contribution < 1.29 is 9.53 Å². The average molecular weight is 204 g/mol. The Morgan fingerprint density at radius 3 is 2.73 bits per heavy atom. The van der Waals surface area contributed by atoms with Crippen molar-refractivity contribution in [2.75, 3.05) is 0 Å². The Balaban J connectivity index is 2.31. The second kappa shape index (κ2) is 6.02. The Hall–Kier alpha value is -1.57. The van der Waals surface area contributed by atoms with Crippen LogP contribution in [0.3, 0.4) is 0 Å². The van der Waals surface area contributed by atoms with Gasteiger partial charge in [0.2, 0.25) is 0 Å². The first-order valence-electron chi connectivity index (χ1n) is 5.08. The number of rotatable bonds is 5. The minimum absolute atomic E-state index is 0.175. The van der Waals surface area contributed by atoms with Crippen molar-refractivity contribution in [1.82, 2.24) is 0 Å². The van der Waals surface area contributed by atoms with Crippen LogP contribution in [0, 0.1) is 0 Å². The molecule has 1 unspecified atom stereocenters. The summed E-state index contributed by atoms with van der Waals surface area (Å²) < 4.78 is 5.06. The molecular weight excluding hydrogens is 188 g/mol. The van der Waals surface area contributed by atoms with Gasteiger partial charge in [-0.3, -0.25) is 4.79 Å². The van der Waals surface area contributed by atoms with Crippen LogP contribution in [0.4, 0.5) is 0 Å². The second-order valence-electron chi connectivity index (χ2n) is 3.42. The van der Waals surface area contributed by atoms with E-state index in [0.717, 1.165) is 12.0 Å². The smallest absolute Gasteiger partial charge is 0.306 e. The third-order valence-electron chi connectivity index (χ3n) is 2.11. The van der Waals surface area contributed by atoms with E-state index < -0.39 is 0 Å². The highest BCUT2D eigenvalue weighted by atomic mass is 16.5. The topological polar surface area (TPSA) is 26.3 Å². The summed E-state index contributed by atoms with van der Waals surface area (Å²) in [6.07, 6.45) is 2.56. The third kappa shape index (κ3) is 4.45. The van der Waals surface area contributed by atoms with Crippen molar-refractivity contribution in [2.45, 2.75) is 25.9 Å². The third-order valence-corrected chi connectivity index (χ3v) is 2.11. The molecule has 0 saturated carbocycles. The van der Waals surface area contributed by atoms with Crippen LogP contribution < -0.4 is 0 Å². The van der Waals surface area contributed by atoms with E-state index in [1.165, 1.54) is 0 Å². The van der Waals surface area contributed by atoms with Gasteiger partial charge in [-0.2, -0.15) is 0 Å². The standard InChI is InChI=1S/C13H16O2/c1-3-11(2)15-13(14)10-9-12-7-5-4-6-8-12/h3-8,11H,1,9-10H2,2H3. The minimum atomic E-state index is -0.201. The summed E-state index contributed by atoms with van der Waals surface area (Å²) in [5.41, 5.74) is 1.15. The van der Waals surface area contributed by atoms with Crippen LogP contribution in [0.15, 0.2) is 43.0 Å².